The van der Waals surface area contributed by atoms with Crippen LogP contribution in [0, 0.1) is 0 Å². The molecule has 116 valence electrons. The van der Waals surface area contributed by atoms with E-state index in [2.05, 4.69) is 10.6 Å². The van der Waals surface area contributed by atoms with E-state index in [-0.39, 0.29) is 0 Å². The van der Waals surface area contributed by atoms with Gasteiger partial charge in [0, 0.05) is 6.54 Å². The average Bonchev–Trinajstić information content (AvgIpc) is 2.47. The number of carbonyl (C=O) groups excluding carboxylic acids is 1. The van der Waals surface area contributed by atoms with Crippen LogP contribution in [0.5, 0.6) is 5.75 Å². The Morgan fingerprint density at radius 3 is 2.62 bits per heavy atom. The lowest BCUT2D eigenvalue weighted by Gasteiger charge is -2.14. The Balaban J connectivity index is 2.14. The van der Waals surface area contributed by atoms with Crippen molar-refractivity contribution in [1.82, 2.24) is 10.6 Å². The maximum Gasteiger partial charge on any atom is 0.326 e. The molecule has 0 fully saturated rings. The third-order valence-corrected chi connectivity index (χ3v) is 2.80. The van der Waals surface area contributed by atoms with E-state index in [9.17, 15) is 9.59 Å². The number of para-hydroxylation sites is 1. The van der Waals surface area contributed by atoms with Gasteiger partial charge in [-0.25, -0.2) is 9.59 Å². The van der Waals surface area contributed by atoms with Crippen LogP contribution in [0.15, 0.2) is 30.3 Å². The number of amides is 2. The van der Waals surface area contributed by atoms with Crippen LogP contribution in [-0.2, 0) is 4.79 Å². The predicted octanol–water partition coefficient (Wildman–Crippen LogP) is 2.01. The van der Waals surface area contributed by atoms with Gasteiger partial charge in [0.1, 0.15) is 11.8 Å². The van der Waals surface area contributed by atoms with Crippen LogP contribution in [-0.4, -0.2) is 36.3 Å². The summed E-state index contributed by atoms with van der Waals surface area (Å²) in [6.07, 6.45) is 1.76. The number of carbonyl (C=O) groups is 2. The molecule has 2 amide bonds. The van der Waals surface area contributed by atoms with E-state index in [1.54, 1.807) is 0 Å². The van der Waals surface area contributed by atoms with Gasteiger partial charge >= 0.3 is 12.0 Å². The summed E-state index contributed by atoms with van der Waals surface area (Å²) in [6, 6.07) is 8.12. The van der Waals surface area contributed by atoms with E-state index in [4.69, 9.17) is 9.84 Å². The summed E-state index contributed by atoms with van der Waals surface area (Å²) in [4.78, 5) is 22.4. The number of rotatable bonds is 9. The van der Waals surface area contributed by atoms with Crippen molar-refractivity contribution in [2.45, 2.75) is 32.2 Å². The highest BCUT2D eigenvalue weighted by molar-refractivity contribution is 5.82. The van der Waals surface area contributed by atoms with E-state index in [1.807, 2.05) is 37.3 Å². The van der Waals surface area contributed by atoms with Crippen LogP contribution in [0.2, 0.25) is 0 Å². The summed E-state index contributed by atoms with van der Waals surface area (Å²) < 4.78 is 5.48. The summed E-state index contributed by atoms with van der Waals surface area (Å²) in [5.74, 6) is -0.227. The molecule has 0 saturated heterocycles. The first-order valence-corrected chi connectivity index (χ1v) is 7.08. The van der Waals surface area contributed by atoms with Gasteiger partial charge in [0.25, 0.3) is 0 Å². The van der Waals surface area contributed by atoms with Crippen LogP contribution in [0.4, 0.5) is 4.79 Å². The number of benzene rings is 1. The summed E-state index contributed by atoms with van der Waals surface area (Å²) >= 11 is 0. The fourth-order valence-electron chi connectivity index (χ4n) is 1.74. The average molecular weight is 294 g/mol. The Hall–Kier alpha value is -2.24. The number of nitrogens with one attached hydrogen (secondary N) is 2. The molecule has 0 aromatic heterocycles. The van der Waals surface area contributed by atoms with Crippen molar-refractivity contribution in [1.29, 1.82) is 0 Å². The van der Waals surface area contributed by atoms with Crippen molar-refractivity contribution >= 4 is 12.0 Å². The zero-order valence-electron chi connectivity index (χ0n) is 12.2. The second kappa shape index (κ2) is 9.63. The fraction of sp³-hybridized carbons (Fsp3) is 0.467. The lowest BCUT2D eigenvalue weighted by Crippen LogP contribution is -2.46. The molecule has 0 bridgehead atoms. The van der Waals surface area contributed by atoms with E-state index in [1.165, 1.54) is 0 Å². The Morgan fingerprint density at radius 2 is 2.00 bits per heavy atom. The Labute approximate surface area is 124 Å². The van der Waals surface area contributed by atoms with Gasteiger partial charge in [-0.05, 0) is 25.0 Å². The molecule has 0 aliphatic rings. The maximum absolute atomic E-state index is 11.5. The molecule has 6 nitrogen and oxygen atoms in total. The molecular weight excluding hydrogens is 272 g/mol. The number of ether oxygens (including phenoxy) is 1. The van der Waals surface area contributed by atoms with Crippen molar-refractivity contribution in [3.05, 3.63) is 30.3 Å². The molecule has 0 spiro atoms. The Morgan fingerprint density at radius 1 is 1.29 bits per heavy atom. The number of hydrogen-bond acceptors (Lipinski definition) is 3. The van der Waals surface area contributed by atoms with Crippen LogP contribution >= 0.6 is 0 Å². The smallest absolute Gasteiger partial charge is 0.326 e. The normalized spacial score (nSPS) is 11.5. The molecule has 0 aliphatic carbocycles. The van der Waals surface area contributed by atoms with Gasteiger partial charge in [0.15, 0.2) is 0 Å². The lowest BCUT2D eigenvalue weighted by molar-refractivity contribution is -0.139. The monoisotopic (exact) mass is 294 g/mol. The molecule has 1 aromatic carbocycles. The predicted molar refractivity (Wildman–Crippen MR) is 79.4 cm³/mol. The minimum atomic E-state index is -1.01. The van der Waals surface area contributed by atoms with Crippen molar-refractivity contribution in [2.75, 3.05) is 13.2 Å². The molecule has 1 unspecified atom stereocenters. The minimum absolute atomic E-state index is 0.417. The topological polar surface area (TPSA) is 87.7 Å². The second-order valence-corrected chi connectivity index (χ2v) is 4.59. The van der Waals surface area contributed by atoms with Crippen molar-refractivity contribution < 1.29 is 19.4 Å². The van der Waals surface area contributed by atoms with E-state index < -0.39 is 18.0 Å². The van der Waals surface area contributed by atoms with Crippen molar-refractivity contribution in [2.24, 2.45) is 0 Å². The van der Waals surface area contributed by atoms with Crippen LogP contribution in [0.1, 0.15) is 26.2 Å². The van der Waals surface area contributed by atoms with Gasteiger partial charge in [-0.15, -0.1) is 0 Å². The third-order valence-electron chi connectivity index (χ3n) is 2.80. The zero-order chi connectivity index (χ0) is 15.5. The minimum Gasteiger partial charge on any atom is -0.494 e. The van der Waals surface area contributed by atoms with Gasteiger partial charge in [0.2, 0.25) is 0 Å². The van der Waals surface area contributed by atoms with E-state index in [0.717, 1.165) is 5.75 Å². The molecule has 0 heterocycles. The highest BCUT2D eigenvalue weighted by Crippen LogP contribution is 2.07. The van der Waals surface area contributed by atoms with Gasteiger partial charge < -0.3 is 20.5 Å². The van der Waals surface area contributed by atoms with Crippen molar-refractivity contribution in [3.63, 3.8) is 0 Å². The molecule has 1 aromatic rings. The Bertz CT molecular complexity index is 437. The zero-order valence-corrected chi connectivity index (χ0v) is 12.2. The maximum atomic E-state index is 11.5. The quantitative estimate of drug-likeness (QED) is 0.608. The highest BCUT2D eigenvalue weighted by atomic mass is 16.5. The van der Waals surface area contributed by atoms with Crippen LogP contribution in [0.25, 0.3) is 0 Å². The standard InChI is InChI=1S/C15H22N2O4/c1-2-7-13(14(18)19)17-15(20)16-10-6-11-21-12-8-4-3-5-9-12/h3-5,8-9,13H,2,6-7,10-11H2,1H3,(H,18,19)(H2,16,17,20). The molecule has 3 N–H and O–H groups in total. The summed E-state index contributed by atoms with van der Waals surface area (Å²) in [6.45, 7) is 2.79. The summed E-state index contributed by atoms with van der Waals surface area (Å²) in [5, 5.41) is 14.0. The fourth-order valence-corrected chi connectivity index (χ4v) is 1.74. The first-order valence-electron chi connectivity index (χ1n) is 7.08. The van der Waals surface area contributed by atoms with Gasteiger partial charge in [-0.3, -0.25) is 0 Å². The SMILES string of the molecule is CCCC(NC(=O)NCCCOc1ccccc1)C(=O)O. The highest BCUT2D eigenvalue weighted by Gasteiger charge is 2.18. The van der Waals surface area contributed by atoms with Gasteiger partial charge in [0.05, 0.1) is 6.61 Å². The first-order chi connectivity index (χ1) is 10.1. The molecule has 0 radical (unpaired) electrons. The number of carboxylic acids is 1. The first kappa shape index (κ1) is 16.8. The number of aliphatic carboxylic acids is 1. The lowest BCUT2D eigenvalue weighted by atomic mass is 10.2. The molecule has 21 heavy (non-hydrogen) atoms. The number of urea groups is 1. The van der Waals surface area contributed by atoms with Gasteiger partial charge in [-0.2, -0.15) is 0 Å². The van der Waals surface area contributed by atoms with Gasteiger partial charge in [-0.1, -0.05) is 31.5 Å². The van der Waals surface area contributed by atoms with E-state index in [0.29, 0.717) is 32.4 Å². The second-order valence-electron chi connectivity index (χ2n) is 4.59. The summed E-state index contributed by atoms with van der Waals surface area (Å²) in [5.41, 5.74) is 0. The molecule has 1 atom stereocenters. The van der Waals surface area contributed by atoms with E-state index >= 15 is 0 Å². The van der Waals surface area contributed by atoms with Crippen LogP contribution in [0.3, 0.4) is 0 Å². The van der Waals surface area contributed by atoms with Crippen molar-refractivity contribution in [3.8, 4) is 5.75 Å². The number of hydrogen-bond donors (Lipinski definition) is 3. The molecular formula is C15H22N2O4. The summed E-state index contributed by atoms with van der Waals surface area (Å²) in [7, 11) is 0. The third kappa shape index (κ3) is 7.20. The van der Waals surface area contributed by atoms with Crippen LogP contribution < -0.4 is 15.4 Å². The number of carboxylic acid groups (broad SMARTS) is 1. The largest absolute Gasteiger partial charge is 0.494 e. The molecule has 0 saturated carbocycles. The molecule has 6 heteroatoms. The Kier molecular flexibility index (Phi) is 7.71. The molecule has 0 aliphatic heterocycles. The molecule has 1 rings (SSSR count).